The minimum atomic E-state index is 0.257. The zero-order valence-corrected chi connectivity index (χ0v) is 13.4. The van der Waals surface area contributed by atoms with Crippen LogP contribution in [0.2, 0.25) is 0 Å². The topological polar surface area (TPSA) is 61.9 Å². The predicted octanol–water partition coefficient (Wildman–Crippen LogP) is 4.87. The Kier molecular flexibility index (Phi) is 3.55. The molecule has 1 saturated carbocycles. The molecule has 4 nitrogen and oxygen atoms in total. The standard InChI is InChI=1S/C20H17N3O/c1-13-7-9-15(10-8-13)22-20-18(12-21)23-19(24-20)17-11-16(17)14-5-3-2-4-6-14/h2-10,16-17,22H,11H2,1H3/t16-,17+/m0/s1. The van der Waals surface area contributed by atoms with Crippen molar-refractivity contribution in [2.75, 3.05) is 5.32 Å². The summed E-state index contributed by atoms with van der Waals surface area (Å²) in [6.45, 7) is 2.04. The second-order valence-corrected chi connectivity index (χ2v) is 6.19. The van der Waals surface area contributed by atoms with Gasteiger partial charge in [0.1, 0.15) is 6.07 Å². The molecule has 4 rings (SSSR count). The van der Waals surface area contributed by atoms with E-state index in [4.69, 9.17) is 4.42 Å². The molecule has 0 unspecified atom stereocenters. The summed E-state index contributed by atoms with van der Waals surface area (Å²) in [6, 6.07) is 20.4. The van der Waals surface area contributed by atoms with Crippen molar-refractivity contribution in [2.45, 2.75) is 25.2 Å². The van der Waals surface area contributed by atoms with Crippen LogP contribution >= 0.6 is 0 Å². The van der Waals surface area contributed by atoms with Crippen LogP contribution in [0.3, 0.4) is 0 Å². The Labute approximate surface area is 140 Å². The predicted molar refractivity (Wildman–Crippen MR) is 92.2 cm³/mol. The lowest BCUT2D eigenvalue weighted by atomic mass is 10.1. The molecule has 0 radical (unpaired) electrons. The lowest BCUT2D eigenvalue weighted by molar-refractivity contribution is 0.509. The number of nitriles is 1. The van der Waals surface area contributed by atoms with E-state index in [1.165, 1.54) is 11.1 Å². The fourth-order valence-electron chi connectivity index (χ4n) is 2.96. The summed E-state index contributed by atoms with van der Waals surface area (Å²) in [4.78, 5) is 4.39. The minimum Gasteiger partial charge on any atom is -0.423 e. The van der Waals surface area contributed by atoms with Crippen LogP contribution in [0.25, 0.3) is 0 Å². The smallest absolute Gasteiger partial charge is 0.236 e. The van der Waals surface area contributed by atoms with Gasteiger partial charge in [-0.15, -0.1) is 0 Å². The summed E-state index contributed by atoms with van der Waals surface area (Å²) in [5, 5.41) is 12.5. The summed E-state index contributed by atoms with van der Waals surface area (Å²) in [5.74, 6) is 1.77. The number of aryl methyl sites for hydroxylation is 1. The third kappa shape index (κ3) is 2.77. The van der Waals surface area contributed by atoms with Gasteiger partial charge < -0.3 is 9.73 Å². The second-order valence-electron chi connectivity index (χ2n) is 6.19. The first-order chi connectivity index (χ1) is 11.7. The molecule has 0 amide bonds. The minimum absolute atomic E-state index is 0.257. The van der Waals surface area contributed by atoms with Gasteiger partial charge in [0.2, 0.25) is 17.5 Å². The maximum Gasteiger partial charge on any atom is 0.236 e. The number of rotatable bonds is 4. The highest BCUT2D eigenvalue weighted by Crippen LogP contribution is 2.54. The van der Waals surface area contributed by atoms with Gasteiger partial charge in [0, 0.05) is 11.6 Å². The average molecular weight is 315 g/mol. The maximum absolute atomic E-state index is 9.33. The van der Waals surface area contributed by atoms with Gasteiger partial charge in [0.05, 0.1) is 0 Å². The van der Waals surface area contributed by atoms with Crippen LogP contribution in [0.4, 0.5) is 11.6 Å². The maximum atomic E-state index is 9.33. The van der Waals surface area contributed by atoms with Crippen molar-refractivity contribution < 1.29 is 4.42 Å². The van der Waals surface area contributed by atoms with Crippen LogP contribution in [0.1, 0.15) is 41.0 Å². The summed E-state index contributed by atoms with van der Waals surface area (Å²) in [5.41, 5.74) is 3.68. The molecule has 4 heteroatoms. The molecule has 0 spiro atoms. The first kappa shape index (κ1) is 14.5. The van der Waals surface area contributed by atoms with Crippen molar-refractivity contribution >= 4 is 11.6 Å². The van der Waals surface area contributed by atoms with E-state index >= 15 is 0 Å². The fourth-order valence-corrected chi connectivity index (χ4v) is 2.96. The highest BCUT2D eigenvalue weighted by atomic mass is 16.4. The molecule has 1 aromatic heterocycles. The number of hydrogen-bond acceptors (Lipinski definition) is 4. The number of hydrogen-bond donors (Lipinski definition) is 1. The first-order valence-electron chi connectivity index (χ1n) is 8.04. The van der Waals surface area contributed by atoms with Crippen molar-refractivity contribution in [3.63, 3.8) is 0 Å². The molecular formula is C20H17N3O. The molecule has 1 aliphatic rings. The zero-order valence-electron chi connectivity index (χ0n) is 13.4. The van der Waals surface area contributed by atoms with E-state index in [1.54, 1.807) is 0 Å². The quantitative estimate of drug-likeness (QED) is 0.746. The molecule has 2 atom stereocenters. The van der Waals surface area contributed by atoms with Gasteiger partial charge in [-0.3, -0.25) is 0 Å². The number of aromatic nitrogens is 1. The Morgan fingerprint density at radius 2 is 1.83 bits per heavy atom. The molecule has 2 aromatic carbocycles. The van der Waals surface area contributed by atoms with Crippen molar-refractivity contribution in [1.82, 2.24) is 4.98 Å². The van der Waals surface area contributed by atoms with E-state index in [9.17, 15) is 5.26 Å². The molecule has 0 aliphatic heterocycles. The van der Waals surface area contributed by atoms with Crippen LogP contribution in [0.15, 0.2) is 59.0 Å². The van der Waals surface area contributed by atoms with E-state index in [0.29, 0.717) is 23.4 Å². The number of benzene rings is 2. The molecule has 3 aromatic rings. The van der Waals surface area contributed by atoms with Crippen molar-refractivity contribution in [1.29, 1.82) is 5.26 Å². The molecular weight excluding hydrogens is 298 g/mol. The van der Waals surface area contributed by atoms with Crippen molar-refractivity contribution in [3.05, 3.63) is 77.3 Å². The average Bonchev–Trinajstić information content (AvgIpc) is 3.32. The normalized spacial score (nSPS) is 18.8. The van der Waals surface area contributed by atoms with Gasteiger partial charge >= 0.3 is 0 Å². The summed E-state index contributed by atoms with van der Waals surface area (Å²) >= 11 is 0. The fraction of sp³-hybridized carbons (Fsp3) is 0.200. The van der Waals surface area contributed by atoms with Crippen LogP contribution < -0.4 is 5.32 Å². The first-order valence-corrected chi connectivity index (χ1v) is 8.04. The van der Waals surface area contributed by atoms with Crippen LogP contribution in [0, 0.1) is 18.3 Å². The van der Waals surface area contributed by atoms with E-state index < -0.39 is 0 Å². The van der Waals surface area contributed by atoms with Gasteiger partial charge in [-0.25, -0.2) is 4.98 Å². The van der Waals surface area contributed by atoms with Crippen LogP contribution in [0.5, 0.6) is 0 Å². The molecule has 1 fully saturated rings. The van der Waals surface area contributed by atoms with E-state index in [2.05, 4.69) is 28.5 Å². The Balaban J connectivity index is 1.55. The molecule has 0 bridgehead atoms. The molecule has 1 heterocycles. The number of oxazole rings is 1. The number of nitrogens with zero attached hydrogens (tertiary/aromatic N) is 2. The number of anilines is 2. The highest BCUT2D eigenvalue weighted by molar-refractivity contribution is 5.59. The molecule has 24 heavy (non-hydrogen) atoms. The monoisotopic (exact) mass is 315 g/mol. The van der Waals surface area contributed by atoms with Crippen LogP contribution in [-0.4, -0.2) is 4.98 Å². The van der Waals surface area contributed by atoms with Crippen LogP contribution in [-0.2, 0) is 0 Å². The van der Waals surface area contributed by atoms with Gasteiger partial charge in [-0.2, -0.15) is 5.26 Å². The third-order valence-electron chi connectivity index (χ3n) is 4.39. The van der Waals surface area contributed by atoms with Gasteiger partial charge in [0.25, 0.3) is 0 Å². The van der Waals surface area contributed by atoms with Gasteiger partial charge in [-0.1, -0.05) is 48.0 Å². The molecule has 0 saturated heterocycles. The highest BCUT2D eigenvalue weighted by Gasteiger charge is 2.43. The zero-order chi connectivity index (χ0) is 16.5. The summed E-state index contributed by atoms with van der Waals surface area (Å²) < 4.78 is 5.87. The van der Waals surface area contributed by atoms with Crippen molar-refractivity contribution in [3.8, 4) is 6.07 Å². The third-order valence-corrected chi connectivity index (χ3v) is 4.39. The molecule has 118 valence electrons. The SMILES string of the molecule is Cc1ccc(Nc2oc([C@@H]3C[C@H]3c3ccccc3)nc2C#N)cc1. The molecule has 1 N–H and O–H groups in total. The molecule has 1 aliphatic carbocycles. The largest absolute Gasteiger partial charge is 0.423 e. The lowest BCUT2D eigenvalue weighted by Crippen LogP contribution is -1.90. The van der Waals surface area contributed by atoms with E-state index in [-0.39, 0.29) is 5.92 Å². The Hall–Kier alpha value is -3.06. The number of nitrogens with one attached hydrogen (secondary N) is 1. The van der Waals surface area contributed by atoms with Crippen molar-refractivity contribution in [2.24, 2.45) is 0 Å². The second kappa shape index (κ2) is 5.86. The Morgan fingerprint density at radius 3 is 2.54 bits per heavy atom. The van der Waals surface area contributed by atoms with E-state index in [1.807, 2.05) is 49.4 Å². The Bertz CT molecular complexity index is 891. The van der Waals surface area contributed by atoms with Gasteiger partial charge in [-0.05, 0) is 37.0 Å². The van der Waals surface area contributed by atoms with E-state index in [0.717, 1.165) is 12.1 Å². The summed E-state index contributed by atoms with van der Waals surface area (Å²) in [7, 11) is 0. The Morgan fingerprint density at radius 1 is 1.08 bits per heavy atom. The summed E-state index contributed by atoms with van der Waals surface area (Å²) in [6.07, 6.45) is 1.01. The van der Waals surface area contributed by atoms with Gasteiger partial charge in [0.15, 0.2) is 0 Å². The lowest BCUT2D eigenvalue weighted by Gasteiger charge is -2.03.